The van der Waals surface area contributed by atoms with E-state index in [0.717, 1.165) is 5.56 Å². The van der Waals surface area contributed by atoms with Crippen LogP contribution in [0.3, 0.4) is 0 Å². The second-order valence-corrected chi connectivity index (χ2v) is 6.65. The number of rotatable bonds is 5. The quantitative estimate of drug-likeness (QED) is 0.765. The van der Waals surface area contributed by atoms with Gasteiger partial charge in [0.15, 0.2) is 0 Å². The predicted molar refractivity (Wildman–Crippen MR) is 77.6 cm³/mol. The van der Waals surface area contributed by atoms with Crippen molar-refractivity contribution in [2.75, 3.05) is 6.54 Å². The molecule has 0 fully saturated rings. The van der Waals surface area contributed by atoms with Crippen LogP contribution in [-0.4, -0.2) is 21.0 Å². The Balaban J connectivity index is 2.64. The fourth-order valence-corrected chi connectivity index (χ4v) is 2.09. The summed E-state index contributed by atoms with van der Waals surface area (Å²) in [4.78, 5) is 11.7. The van der Waals surface area contributed by atoms with E-state index in [1.54, 1.807) is 12.1 Å². The number of hydrogen-bond donors (Lipinski definition) is 3. The molecular formula is C13H21N3O3S. The Kier molecular flexibility index (Phi) is 5.52. The van der Waals surface area contributed by atoms with Crippen molar-refractivity contribution < 1.29 is 13.2 Å². The monoisotopic (exact) mass is 299 g/mol. The summed E-state index contributed by atoms with van der Waals surface area (Å²) in [5.74, 6) is 0.380. The summed E-state index contributed by atoms with van der Waals surface area (Å²) in [6.07, 6.45) is 0. The highest BCUT2D eigenvalue weighted by atomic mass is 32.2. The maximum atomic E-state index is 11.6. The first-order valence-electron chi connectivity index (χ1n) is 6.37. The molecule has 1 atom stereocenters. The number of nitrogens with two attached hydrogens (primary N) is 1. The molecule has 0 bridgehead atoms. The first-order chi connectivity index (χ1) is 9.20. The molecule has 0 aliphatic carbocycles. The lowest BCUT2D eigenvalue weighted by Gasteiger charge is -2.16. The average Bonchev–Trinajstić information content (AvgIpc) is 2.35. The Hall–Kier alpha value is -1.60. The molecule has 1 aromatic rings. The van der Waals surface area contributed by atoms with Crippen molar-refractivity contribution in [3.63, 3.8) is 0 Å². The van der Waals surface area contributed by atoms with E-state index in [1.807, 2.05) is 20.8 Å². The fraction of sp³-hybridized carbons (Fsp3) is 0.462. The first kappa shape index (κ1) is 16.5. The van der Waals surface area contributed by atoms with Gasteiger partial charge in [0.05, 0.1) is 10.9 Å². The van der Waals surface area contributed by atoms with E-state index >= 15 is 0 Å². The molecule has 0 saturated heterocycles. The maximum absolute atomic E-state index is 11.6. The molecular weight excluding hydrogens is 278 g/mol. The van der Waals surface area contributed by atoms with Crippen LogP contribution in [0.25, 0.3) is 0 Å². The highest BCUT2D eigenvalue weighted by Gasteiger charge is 2.12. The zero-order valence-electron chi connectivity index (χ0n) is 11.9. The van der Waals surface area contributed by atoms with Crippen molar-refractivity contribution in [3.8, 4) is 0 Å². The van der Waals surface area contributed by atoms with Crippen molar-refractivity contribution in [2.45, 2.75) is 31.7 Å². The van der Waals surface area contributed by atoms with Crippen LogP contribution < -0.4 is 15.8 Å². The Labute approximate surface area is 119 Å². The van der Waals surface area contributed by atoms with E-state index in [0.29, 0.717) is 12.5 Å². The lowest BCUT2D eigenvalue weighted by Crippen LogP contribution is -2.38. The number of hydrogen-bond acceptors (Lipinski definition) is 3. The number of benzene rings is 1. The summed E-state index contributed by atoms with van der Waals surface area (Å²) in [5, 5.41) is 10.6. The van der Waals surface area contributed by atoms with Crippen LogP contribution in [0.1, 0.15) is 32.4 Å². The third-order valence-corrected chi connectivity index (χ3v) is 3.66. The number of primary sulfonamides is 1. The van der Waals surface area contributed by atoms with Crippen LogP contribution in [0.15, 0.2) is 29.2 Å². The third kappa shape index (κ3) is 5.18. The zero-order valence-corrected chi connectivity index (χ0v) is 12.7. The highest BCUT2D eigenvalue weighted by Crippen LogP contribution is 2.15. The van der Waals surface area contributed by atoms with Gasteiger partial charge >= 0.3 is 6.03 Å². The molecule has 0 radical (unpaired) electrons. The van der Waals surface area contributed by atoms with Gasteiger partial charge in [0, 0.05) is 6.54 Å². The second kappa shape index (κ2) is 6.71. The van der Waals surface area contributed by atoms with E-state index in [1.165, 1.54) is 12.1 Å². The molecule has 6 nitrogen and oxygen atoms in total. The van der Waals surface area contributed by atoms with Gasteiger partial charge in [-0.2, -0.15) is 0 Å². The van der Waals surface area contributed by atoms with Gasteiger partial charge in [-0.15, -0.1) is 0 Å². The molecule has 1 unspecified atom stereocenters. The maximum Gasteiger partial charge on any atom is 0.315 e. The Morgan fingerprint density at radius 2 is 1.75 bits per heavy atom. The normalized spacial score (nSPS) is 13.1. The van der Waals surface area contributed by atoms with Gasteiger partial charge in [-0.25, -0.2) is 18.4 Å². The van der Waals surface area contributed by atoms with Crippen molar-refractivity contribution in [1.29, 1.82) is 0 Å². The lowest BCUT2D eigenvalue weighted by molar-refractivity contribution is 0.236. The average molecular weight is 299 g/mol. The van der Waals surface area contributed by atoms with E-state index in [-0.39, 0.29) is 17.0 Å². The molecule has 0 aliphatic heterocycles. The Bertz CT molecular complexity index is 553. The molecule has 1 rings (SSSR count). The Morgan fingerprint density at radius 3 is 2.20 bits per heavy atom. The molecule has 7 heteroatoms. The SMILES string of the molecule is CC(C)CNC(=O)NC(C)c1ccc(S(N)(=O)=O)cc1. The van der Waals surface area contributed by atoms with Crippen molar-refractivity contribution in [3.05, 3.63) is 29.8 Å². The van der Waals surface area contributed by atoms with Gasteiger partial charge in [0.25, 0.3) is 0 Å². The molecule has 1 aromatic carbocycles. The minimum atomic E-state index is -3.69. The van der Waals surface area contributed by atoms with Crippen LogP contribution in [0.4, 0.5) is 4.79 Å². The number of nitrogens with one attached hydrogen (secondary N) is 2. The summed E-state index contributed by atoms with van der Waals surface area (Å²) in [6, 6.07) is 5.64. The third-order valence-electron chi connectivity index (χ3n) is 2.73. The van der Waals surface area contributed by atoms with Gasteiger partial charge in [-0.1, -0.05) is 26.0 Å². The van der Waals surface area contributed by atoms with E-state index < -0.39 is 10.0 Å². The summed E-state index contributed by atoms with van der Waals surface area (Å²) in [7, 11) is -3.69. The standard InChI is InChI=1S/C13H21N3O3S/c1-9(2)8-15-13(17)16-10(3)11-4-6-12(7-5-11)20(14,18)19/h4-7,9-10H,8H2,1-3H3,(H2,14,18,19)(H2,15,16,17). The molecule has 0 aromatic heterocycles. The van der Waals surface area contributed by atoms with Gasteiger partial charge in [0.2, 0.25) is 10.0 Å². The van der Waals surface area contributed by atoms with E-state index in [4.69, 9.17) is 5.14 Å². The van der Waals surface area contributed by atoms with Gasteiger partial charge in [-0.3, -0.25) is 0 Å². The predicted octanol–water partition coefficient (Wildman–Crippen LogP) is 1.35. The summed E-state index contributed by atoms with van der Waals surface area (Å²) in [6.45, 7) is 6.44. The summed E-state index contributed by atoms with van der Waals surface area (Å²) in [5.41, 5.74) is 0.803. The van der Waals surface area contributed by atoms with Gasteiger partial charge in [-0.05, 0) is 30.5 Å². The first-order valence-corrected chi connectivity index (χ1v) is 7.92. The highest BCUT2D eigenvalue weighted by molar-refractivity contribution is 7.89. The molecule has 0 saturated carbocycles. The van der Waals surface area contributed by atoms with Crippen LogP contribution in [0, 0.1) is 5.92 Å². The van der Waals surface area contributed by atoms with E-state index in [9.17, 15) is 13.2 Å². The largest absolute Gasteiger partial charge is 0.338 e. The van der Waals surface area contributed by atoms with Gasteiger partial charge < -0.3 is 10.6 Å². The molecule has 4 N–H and O–H groups in total. The van der Waals surface area contributed by atoms with Crippen LogP contribution in [0.5, 0.6) is 0 Å². The van der Waals surface area contributed by atoms with Crippen molar-refractivity contribution in [2.24, 2.45) is 11.1 Å². The number of urea groups is 1. The van der Waals surface area contributed by atoms with Crippen LogP contribution in [-0.2, 0) is 10.0 Å². The van der Waals surface area contributed by atoms with Crippen LogP contribution >= 0.6 is 0 Å². The molecule has 112 valence electrons. The van der Waals surface area contributed by atoms with Crippen molar-refractivity contribution >= 4 is 16.1 Å². The molecule has 0 aliphatic rings. The molecule has 0 heterocycles. The van der Waals surface area contributed by atoms with E-state index in [2.05, 4.69) is 10.6 Å². The zero-order chi connectivity index (χ0) is 15.3. The smallest absolute Gasteiger partial charge is 0.315 e. The number of carbonyl (C=O) groups excluding carboxylic acids is 1. The lowest BCUT2D eigenvalue weighted by atomic mass is 10.1. The summed E-state index contributed by atoms with van der Waals surface area (Å²) >= 11 is 0. The number of carbonyl (C=O) groups is 1. The topological polar surface area (TPSA) is 101 Å². The molecule has 0 spiro atoms. The number of amides is 2. The Morgan fingerprint density at radius 1 is 1.20 bits per heavy atom. The second-order valence-electron chi connectivity index (χ2n) is 5.08. The number of sulfonamides is 1. The minimum Gasteiger partial charge on any atom is -0.338 e. The summed E-state index contributed by atoms with van der Waals surface area (Å²) < 4.78 is 22.3. The van der Waals surface area contributed by atoms with Gasteiger partial charge in [0.1, 0.15) is 0 Å². The van der Waals surface area contributed by atoms with Crippen LogP contribution in [0.2, 0.25) is 0 Å². The fourth-order valence-electron chi connectivity index (χ4n) is 1.57. The van der Waals surface area contributed by atoms with Crippen molar-refractivity contribution in [1.82, 2.24) is 10.6 Å². The molecule has 2 amide bonds. The minimum absolute atomic E-state index is 0.0534. The molecule has 20 heavy (non-hydrogen) atoms.